The lowest BCUT2D eigenvalue weighted by Gasteiger charge is -2.35. The Balaban J connectivity index is 1.26. The number of methoxy groups -OCH3 is 1. The van der Waals surface area contributed by atoms with Crippen molar-refractivity contribution < 1.29 is 19.1 Å². The lowest BCUT2D eigenvalue weighted by molar-refractivity contribution is -0.138. The zero-order chi connectivity index (χ0) is 28.0. The molecule has 0 N–H and O–H groups in total. The second-order valence-corrected chi connectivity index (χ2v) is 9.85. The van der Waals surface area contributed by atoms with Gasteiger partial charge < -0.3 is 19.3 Å². The van der Waals surface area contributed by atoms with Crippen LogP contribution in [0.2, 0.25) is 0 Å². The van der Waals surface area contributed by atoms with E-state index in [0.717, 1.165) is 42.1 Å². The molecule has 3 aromatic rings. The molecule has 0 bridgehead atoms. The molecule has 4 rings (SSSR count). The van der Waals surface area contributed by atoms with Gasteiger partial charge in [0.25, 0.3) is 0 Å². The first kappa shape index (κ1) is 29.1. The van der Waals surface area contributed by atoms with E-state index in [1.54, 1.807) is 7.11 Å². The summed E-state index contributed by atoms with van der Waals surface area (Å²) in [5.74, 6) is 0.927. The molecular weight excluding hydrogens is 502 g/mol. The van der Waals surface area contributed by atoms with Gasteiger partial charge >= 0.3 is 0 Å². The van der Waals surface area contributed by atoms with E-state index in [2.05, 4.69) is 4.90 Å². The molecule has 7 heteroatoms. The maximum Gasteiger partial charge on any atom is 0.248 e. The van der Waals surface area contributed by atoms with Crippen LogP contribution in [0.5, 0.6) is 5.75 Å². The summed E-state index contributed by atoms with van der Waals surface area (Å²) in [6, 6.07) is 27.6. The van der Waals surface area contributed by atoms with Gasteiger partial charge in [0.2, 0.25) is 11.8 Å². The average Bonchev–Trinajstić information content (AvgIpc) is 3.00. The molecule has 2 amide bonds. The van der Waals surface area contributed by atoms with Crippen LogP contribution in [0, 0.1) is 0 Å². The van der Waals surface area contributed by atoms with Crippen LogP contribution in [0.15, 0.2) is 91.0 Å². The van der Waals surface area contributed by atoms with Crippen LogP contribution in [0.25, 0.3) is 6.08 Å². The number of rotatable bonds is 13. The number of ether oxygens (including phenoxy) is 2. The van der Waals surface area contributed by atoms with Crippen LogP contribution in [-0.4, -0.2) is 86.0 Å². The third-order valence-corrected chi connectivity index (χ3v) is 7.06. The fourth-order valence-corrected chi connectivity index (χ4v) is 4.72. The Labute approximate surface area is 237 Å². The van der Waals surface area contributed by atoms with Gasteiger partial charge in [-0.3, -0.25) is 14.5 Å². The Morgan fingerprint density at radius 2 is 1.50 bits per heavy atom. The van der Waals surface area contributed by atoms with Gasteiger partial charge in [0, 0.05) is 51.4 Å². The molecule has 0 aliphatic carbocycles. The Hall–Kier alpha value is -3.94. The summed E-state index contributed by atoms with van der Waals surface area (Å²) in [6.07, 6.45) is 4.40. The molecule has 40 heavy (non-hydrogen) atoms. The number of hydrogen-bond acceptors (Lipinski definition) is 5. The van der Waals surface area contributed by atoms with E-state index >= 15 is 0 Å². The highest BCUT2D eigenvalue weighted by atomic mass is 16.5. The van der Waals surface area contributed by atoms with E-state index in [4.69, 9.17) is 9.47 Å². The minimum atomic E-state index is 0.0247. The van der Waals surface area contributed by atoms with Crippen LogP contribution in [0.4, 0.5) is 0 Å². The standard InChI is InChI=1S/C33H39N3O4/c1-39-31-17-9-8-15-30(31)16-10-18-35(32(37)25-28-11-4-2-5-12-28)22-19-34-20-23-36(24-21-34)33(38)27-40-26-29-13-6-3-7-14-29/h2-17H,18-27H2,1H3/b16-10+. The molecule has 210 valence electrons. The zero-order valence-electron chi connectivity index (χ0n) is 23.3. The van der Waals surface area contributed by atoms with Crippen molar-refractivity contribution >= 4 is 17.9 Å². The first-order valence-corrected chi connectivity index (χ1v) is 13.9. The fourth-order valence-electron chi connectivity index (χ4n) is 4.72. The normalized spacial score (nSPS) is 13.9. The predicted molar refractivity (Wildman–Crippen MR) is 158 cm³/mol. The molecule has 0 radical (unpaired) electrons. The van der Waals surface area contributed by atoms with Crippen molar-refractivity contribution in [3.63, 3.8) is 0 Å². The highest BCUT2D eigenvalue weighted by Gasteiger charge is 2.22. The van der Waals surface area contributed by atoms with Gasteiger partial charge in [-0.05, 0) is 17.2 Å². The zero-order valence-corrected chi connectivity index (χ0v) is 23.3. The number of benzene rings is 3. The van der Waals surface area contributed by atoms with Gasteiger partial charge in [0.05, 0.1) is 20.1 Å². The van der Waals surface area contributed by atoms with Gasteiger partial charge in [0.15, 0.2) is 0 Å². The van der Waals surface area contributed by atoms with Crippen molar-refractivity contribution in [2.45, 2.75) is 13.0 Å². The number of hydrogen-bond donors (Lipinski definition) is 0. The molecule has 1 aliphatic rings. The maximum atomic E-state index is 13.3. The largest absolute Gasteiger partial charge is 0.496 e. The number of amides is 2. The second kappa shape index (κ2) is 15.6. The summed E-state index contributed by atoms with van der Waals surface area (Å²) in [5.41, 5.74) is 3.05. The number of para-hydroxylation sites is 1. The molecule has 3 aromatic carbocycles. The Morgan fingerprint density at radius 1 is 0.850 bits per heavy atom. The van der Waals surface area contributed by atoms with Crippen molar-refractivity contribution in [3.8, 4) is 5.75 Å². The SMILES string of the molecule is COc1ccccc1/C=C/CN(CCN1CCN(C(=O)COCc2ccccc2)CC1)C(=O)Cc1ccccc1. The summed E-state index contributed by atoms with van der Waals surface area (Å²) in [7, 11) is 1.66. The van der Waals surface area contributed by atoms with Gasteiger partial charge in [-0.25, -0.2) is 0 Å². The highest BCUT2D eigenvalue weighted by Crippen LogP contribution is 2.18. The molecule has 7 nitrogen and oxygen atoms in total. The van der Waals surface area contributed by atoms with Crippen molar-refractivity contribution in [2.75, 3.05) is 59.5 Å². The molecule has 0 saturated carbocycles. The molecule has 0 unspecified atom stereocenters. The summed E-state index contributed by atoms with van der Waals surface area (Å²) in [6.45, 7) is 5.31. The molecule has 1 heterocycles. The van der Waals surface area contributed by atoms with E-state index in [1.807, 2.05) is 107 Å². The molecule has 0 atom stereocenters. The van der Waals surface area contributed by atoms with Crippen LogP contribution in [-0.2, 0) is 27.4 Å². The Bertz CT molecular complexity index is 1220. The molecule has 1 aliphatic heterocycles. The maximum absolute atomic E-state index is 13.3. The summed E-state index contributed by atoms with van der Waals surface area (Å²) < 4.78 is 11.1. The summed E-state index contributed by atoms with van der Waals surface area (Å²) in [5, 5.41) is 0. The van der Waals surface area contributed by atoms with E-state index < -0.39 is 0 Å². The van der Waals surface area contributed by atoms with Crippen LogP contribution >= 0.6 is 0 Å². The van der Waals surface area contributed by atoms with Crippen molar-refractivity contribution in [1.82, 2.24) is 14.7 Å². The second-order valence-electron chi connectivity index (χ2n) is 9.85. The van der Waals surface area contributed by atoms with E-state index in [1.165, 1.54) is 0 Å². The first-order chi connectivity index (χ1) is 19.6. The van der Waals surface area contributed by atoms with Crippen LogP contribution in [0.3, 0.4) is 0 Å². The predicted octanol–water partition coefficient (Wildman–Crippen LogP) is 4.14. The number of piperazine rings is 1. The van der Waals surface area contributed by atoms with Gasteiger partial charge in [-0.1, -0.05) is 91.0 Å². The van der Waals surface area contributed by atoms with Crippen LogP contribution in [0.1, 0.15) is 16.7 Å². The van der Waals surface area contributed by atoms with E-state index in [9.17, 15) is 9.59 Å². The van der Waals surface area contributed by atoms with Crippen molar-refractivity contribution in [1.29, 1.82) is 0 Å². The monoisotopic (exact) mass is 541 g/mol. The lowest BCUT2D eigenvalue weighted by Crippen LogP contribution is -2.51. The van der Waals surface area contributed by atoms with Gasteiger partial charge in [-0.15, -0.1) is 0 Å². The number of nitrogens with zero attached hydrogens (tertiary/aromatic N) is 3. The van der Waals surface area contributed by atoms with E-state index in [0.29, 0.717) is 39.2 Å². The average molecular weight is 542 g/mol. The fraction of sp³-hybridized carbons (Fsp3) is 0.333. The Morgan fingerprint density at radius 3 is 2.20 bits per heavy atom. The summed E-state index contributed by atoms with van der Waals surface area (Å²) in [4.78, 5) is 32.0. The van der Waals surface area contributed by atoms with Crippen LogP contribution < -0.4 is 4.74 Å². The summed E-state index contributed by atoms with van der Waals surface area (Å²) >= 11 is 0. The highest BCUT2D eigenvalue weighted by molar-refractivity contribution is 5.79. The molecule has 0 aromatic heterocycles. The van der Waals surface area contributed by atoms with Crippen molar-refractivity contribution in [2.24, 2.45) is 0 Å². The molecule has 1 saturated heterocycles. The minimum absolute atomic E-state index is 0.0247. The first-order valence-electron chi connectivity index (χ1n) is 13.9. The van der Waals surface area contributed by atoms with E-state index in [-0.39, 0.29) is 18.4 Å². The minimum Gasteiger partial charge on any atom is -0.496 e. The molecule has 1 fully saturated rings. The molecular formula is C33H39N3O4. The Kier molecular flexibility index (Phi) is 11.3. The van der Waals surface area contributed by atoms with Gasteiger partial charge in [0.1, 0.15) is 12.4 Å². The molecule has 0 spiro atoms. The quantitative estimate of drug-likeness (QED) is 0.326. The third-order valence-electron chi connectivity index (χ3n) is 7.06. The topological polar surface area (TPSA) is 62.3 Å². The smallest absolute Gasteiger partial charge is 0.248 e. The number of carbonyl (C=O) groups excluding carboxylic acids is 2. The number of carbonyl (C=O) groups is 2. The lowest BCUT2D eigenvalue weighted by atomic mass is 10.1. The van der Waals surface area contributed by atoms with Crippen molar-refractivity contribution in [3.05, 3.63) is 108 Å². The van der Waals surface area contributed by atoms with Gasteiger partial charge in [-0.2, -0.15) is 0 Å². The third kappa shape index (κ3) is 9.07.